The minimum Gasteiger partial charge on any atom is -0.495 e. The fraction of sp³-hybridized carbons (Fsp3) is 0.538. The summed E-state index contributed by atoms with van der Waals surface area (Å²) >= 11 is 0. The highest BCUT2D eigenvalue weighted by atomic mass is 19.1. The Labute approximate surface area is 102 Å². The number of benzene rings is 1. The number of nitrogens with two attached hydrogens (primary N) is 1. The molecule has 0 aromatic heterocycles. The SMILES string of the molecule is CCCCN(CC)c1cc(OC)c(N)cc1F. The van der Waals surface area contributed by atoms with Crippen molar-refractivity contribution >= 4 is 11.4 Å². The molecule has 1 aromatic carbocycles. The van der Waals surface area contributed by atoms with E-state index in [9.17, 15) is 4.39 Å². The molecule has 17 heavy (non-hydrogen) atoms. The maximum Gasteiger partial charge on any atom is 0.148 e. The molecule has 3 nitrogen and oxygen atoms in total. The predicted molar refractivity (Wildman–Crippen MR) is 70.2 cm³/mol. The van der Waals surface area contributed by atoms with E-state index in [4.69, 9.17) is 10.5 Å². The summed E-state index contributed by atoms with van der Waals surface area (Å²) in [7, 11) is 1.54. The zero-order valence-corrected chi connectivity index (χ0v) is 10.8. The molecule has 0 atom stereocenters. The van der Waals surface area contributed by atoms with Gasteiger partial charge in [-0.1, -0.05) is 13.3 Å². The van der Waals surface area contributed by atoms with Gasteiger partial charge >= 0.3 is 0 Å². The molecule has 0 aliphatic heterocycles. The summed E-state index contributed by atoms with van der Waals surface area (Å²) in [4.78, 5) is 2.00. The second-order valence-corrected chi connectivity index (χ2v) is 3.98. The van der Waals surface area contributed by atoms with Gasteiger partial charge in [-0.2, -0.15) is 0 Å². The number of unbranched alkanes of at least 4 members (excludes halogenated alkanes) is 1. The van der Waals surface area contributed by atoms with E-state index < -0.39 is 0 Å². The van der Waals surface area contributed by atoms with Crippen LogP contribution in [0.15, 0.2) is 12.1 Å². The summed E-state index contributed by atoms with van der Waals surface area (Å²) in [6.07, 6.45) is 2.13. The summed E-state index contributed by atoms with van der Waals surface area (Å²) < 4.78 is 19.0. The molecule has 0 heterocycles. The van der Waals surface area contributed by atoms with E-state index in [1.165, 1.54) is 13.2 Å². The number of rotatable bonds is 6. The third-order valence-electron chi connectivity index (χ3n) is 2.80. The topological polar surface area (TPSA) is 38.5 Å². The van der Waals surface area contributed by atoms with Gasteiger partial charge < -0.3 is 15.4 Å². The zero-order valence-electron chi connectivity index (χ0n) is 10.8. The van der Waals surface area contributed by atoms with Gasteiger partial charge in [0.1, 0.15) is 11.6 Å². The monoisotopic (exact) mass is 240 g/mol. The quantitative estimate of drug-likeness (QED) is 0.777. The van der Waals surface area contributed by atoms with Crippen molar-refractivity contribution in [3.05, 3.63) is 17.9 Å². The van der Waals surface area contributed by atoms with Gasteiger partial charge in [0, 0.05) is 25.2 Å². The van der Waals surface area contributed by atoms with Crippen molar-refractivity contribution in [1.82, 2.24) is 0 Å². The summed E-state index contributed by atoms with van der Waals surface area (Å²) in [5.41, 5.74) is 6.55. The standard InChI is InChI=1S/C13H21FN2O/c1-4-6-7-16(5-2)12-9-13(17-3)11(15)8-10(12)14/h8-9H,4-7,15H2,1-3H3. The molecule has 0 radical (unpaired) electrons. The van der Waals surface area contributed by atoms with Crippen molar-refractivity contribution in [3.8, 4) is 5.75 Å². The Kier molecular flexibility index (Phi) is 5.07. The molecule has 0 amide bonds. The average Bonchev–Trinajstić information content (AvgIpc) is 2.32. The van der Waals surface area contributed by atoms with Crippen molar-refractivity contribution < 1.29 is 9.13 Å². The third-order valence-corrected chi connectivity index (χ3v) is 2.80. The van der Waals surface area contributed by atoms with E-state index in [2.05, 4.69) is 6.92 Å². The van der Waals surface area contributed by atoms with Gasteiger partial charge in [-0.25, -0.2) is 4.39 Å². The highest BCUT2D eigenvalue weighted by Gasteiger charge is 2.13. The summed E-state index contributed by atoms with van der Waals surface area (Å²) in [6, 6.07) is 2.99. The van der Waals surface area contributed by atoms with Crippen molar-refractivity contribution in [3.63, 3.8) is 0 Å². The predicted octanol–water partition coefficient (Wildman–Crippen LogP) is 3.04. The number of hydrogen-bond donors (Lipinski definition) is 1. The summed E-state index contributed by atoms with van der Waals surface area (Å²) in [5, 5.41) is 0. The van der Waals surface area contributed by atoms with E-state index in [1.807, 2.05) is 11.8 Å². The van der Waals surface area contributed by atoms with Crippen LogP contribution in [0.25, 0.3) is 0 Å². The lowest BCUT2D eigenvalue weighted by Crippen LogP contribution is -2.25. The average molecular weight is 240 g/mol. The van der Waals surface area contributed by atoms with Crippen LogP contribution in [0.2, 0.25) is 0 Å². The van der Waals surface area contributed by atoms with Crippen LogP contribution in [0.4, 0.5) is 15.8 Å². The Morgan fingerprint density at radius 3 is 2.59 bits per heavy atom. The first-order chi connectivity index (χ1) is 8.13. The Morgan fingerprint density at radius 1 is 1.35 bits per heavy atom. The number of hydrogen-bond acceptors (Lipinski definition) is 3. The van der Waals surface area contributed by atoms with Crippen molar-refractivity contribution in [2.24, 2.45) is 0 Å². The lowest BCUT2D eigenvalue weighted by molar-refractivity contribution is 0.416. The normalized spacial score (nSPS) is 10.4. The van der Waals surface area contributed by atoms with Gasteiger partial charge in [-0.3, -0.25) is 0 Å². The number of methoxy groups -OCH3 is 1. The van der Waals surface area contributed by atoms with E-state index in [-0.39, 0.29) is 5.82 Å². The molecule has 2 N–H and O–H groups in total. The Hall–Kier alpha value is -1.45. The number of anilines is 2. The number of nitrogens with zero attached hydrogens (tertiary/aromatic N) is 1. The molecule has 0 spiro atoms. The molecule has 4 heteroatoms. The maximum absolute atomic E-state index is 13.9. The molecule has 0 fully saturated rings. The van der Waals surface area contributed by atoms with Crippen LogP contribution in [0.5, 0.6) is 5.75 Å². The van der Waals surface area contributed by atoms with Crippen molar-refractivity contribution in [1.29, 1.82) is 0 Å². The Bertz CT molecular complexity index is 369. The zero-order chi connectivity index (χ0) is 12.8. The minimum absolute atomic E-state index is 0.291. The maximum atomic E-state index is 13.9. The minimum atomic E-state index is -0.291. The molecule has 0 saturated heterocycles. The van der Waals surface area contributed by atoms with Crippen LogP contribution in [0.1, 0.15) is 26.7 Å². The van der Waals surface area contributed by atoms with Crippen LogP contribution >= 0.6 is 0 Å². The first-order valence-electron chi connectivity index (χ1n) is 6.02. The Balaban J connectivity index is 3.01. The first kappa shape index (κ1) is 13.6. The first-order valence-corrected chi connectivity index (χ1v) is 6.02. The Morgan fingerprint density at radius 2 is 2.06 bits per heavy atom. The van der Waals surface area contributed by atoms with Gasteiger partial charge in [0.05, 0.1) is 18.5 Å². The molecule has 0 aliphatic carbocycles. The molecule has 0 aliphatic rings. The second kappa shape index (κ2) is 6.33. The highest BCUT2D eigenvalue weighted by molar-refractivity contribution is 5.63. The fourth-order valence-corrected chi connectivity index (χ4v) is 1.78. The van der Waals surface area contributed by atoms with Gasteiger partial charge in [0.25, 0.3) is 0 Å². The van der Waals surface area contributed by atoms with Crippen LogP contribution in [-0.4, -0.2) is 20.2 Å². The number of halogens is 1. The molecule has 0 unspecified atom stereocenters. The van der Waals surface area contributed by atoms with E-state index >= 15 is 0 Å². The van der Waals surface area contributed by atoms with Gasteiger partial charge in [-0.05, 0) is 13.3 Å². The van der Waals surface area contributed by atoms with Crippen molar-refractivity contribution in [2.45, 2.75) is 26.7 Å². The van der Waals surface area contributed by atoms with E-state index in [0.717, 1.165) is 25.9 Å². The molecular weight excluding hydrogens is 219 g/mol. The number of nitrogen functional groups attached to an aromatic ring is 1. The van der Waals surface area contributed by atoms with Crippen LogP contribution in [0.3, 0.4) is 0 Å². The molecule has 96 valence electrons. The highest BCUT2D eigenvalue weighted by Crippen LogP contribution is 2.30. The molecule has 0 bridgehead atoms. The molecule has 1 rings (SSSR count). The third kappa shape index (κ3) is 3.25. The van der Waals surface area contributed by atoms with E-state index in [1.54, 1.807) is 6.07 Å². The smallest absolute Gasteiger partial charge is 0.148 e. The van der Waals surface area contributed by atoms with Crippen molar-refractivity contribution in [2.75, 3.05) is 30.8 Å². The largest absolute Gasteiger partial charge is 0.495 e. The van der Waals surface area contributed by atoms with Gasteiger partial charge in [-0.15, -0.1) is 0 Å². The summed E-state index contributed by atoms with van der Waals surface area (Å²) in [6.45, 7) is 5.74. The molecule has 0 saturated carbocycles. The lowest BCUT2D eigenvalue weighted by Gasteiger charge is -2.24. The second-order valence-electron chi connectivity index (χ2n) is 3.98. The fourth-order valence-electron chi connectivity index (χ4n) is 1.78. The number of ether oxygens (including phenoxy) is 1. The lowest BCUT2D eigenvalue weighted by atomic mass is 10.2. The molecular formula is C13H21FN2O. The van der Waals surface area contributed by atoms with Crippen LogP contribution in [0, 0.1) is 5.82 Å². The van der Waals surface area contributed by atoms with Crippen LogP contribution in [-0.2, 0) is 0 Å². The molecule has 1 aromatic rings. The van der Waals surface area contributed by atoms with Gasteiger partial charge in [0.15, 0.2) is 0 Å². The van der Waals surface area contributed by atoms with Crippen LogP contribution < -0.4 is 15.4 Å². The van der Waals surface area contributed by atoms with E-state index in [0.29, 0.717) is 17.1 Å². The van der Waals surface area contributed by atoms with Gasteiger partial charge in [0.2, 0.25) is 0 Å². The summed E-state index contributed by atoms with van der Waals surface area (Å²) in [5.74, 6) is 0.234.